The highest BCUT2D eigenvalue weighted by Gasteiger charge is 2.27. The molecule has 0 saturated carbocycles. The van der Waals surface area contributed by atoms with Gasteiger partial charge in [-0.2, -0.15) is 0 Å². The van der Waals surface area contributed by atoms with Crippen LogP contribution in [0.2, 0.25) is 0 Å². The zero-order valence-electron chi connectivity index (χ0n) is 13.1. The van der Waals surface area contributed by atoms with Crippen LogP contribution in [-0.4, -0.2) is 57.3 Å². The molecule has 0 radical (unpaired) electrons. The fraction of sp³-hybridized carbons (Fsp3) is 0.786. The molecule has 1 atom stereocenters. The SMILES string of the molecule is CC(C)(C)OC(=O)N1CCCC(NCCn2ccnn2)C1. The Labute approximate surface area is 125 Å². The van der Waals surface area contributed by atoms with E-state index in [0.717, 1.165) is 32.5 Å². The number of aromatic nitrogens is 3. The lowest BCUT2D eigenvalue weighted by Crippen LogP contribution is -2.49. The molecule has 1 unspecified atom stereocenters. The lowest BCUT2D eigenvalue weighted by Gasteiger charge is -2.34. The molecule has 21 heavy (non-hydrogen) atoms. The van der Waals surface area contributed by atoms with Crippen molar-refractivity contribution in [3.63, 3.8) is 0 Å². The first-order valence-electron chi connectivity index (χ1n) is 7.49. The normalized spacial score (nSPS) is 19.6. The second-order valence-electron chi connectivity index (χ2n) is 6.39. The smallest absolute Gasteiger partial charge is 0.410 e. The second-order valence-corrected chi connectivity index (χ2v) is 6.39. The predicted octanol–water partition coefficient (Wildman–Crippen LogP) is 1.27. The maximum Gasteiger partial charge on any atom is 0.410 e. The van der Waals surface area contributed by atoms with E-state index in [9.17, 15) is 4.79 Å². The number of carbonyl (C=O) groups is 1. The van der Waals surface area contributed by atoms with Crippen LogP contribution in [0.3, 0.4) is 0 Å². The number of hydrogen-bond acceptors (Lipinski definition) is 5. The Kier molecular flexibility index (Phi) is 5.17. The van der Waals surface area contributed by atoms with E-state index in [0.29, 0.717) is 12.6 Å². The average Bonchev–Trinajstić information content (AvgIpc) is 2.90. The predicted molar refractivity (Wildman–Crippen MR) is 78.9 cm³/mol. The highest BCUT2D eigenvalue weighted by Crippen LogP contribution is 2.15. The summed E-state index contributed by atoms with van der Waals surface area (Å²) in [4.78, 5) is 13.9. The molecule has 0 aromatic carbocycles. The summed E-state index contributed by atoms with van der Waals surface area (Å²) in [6, 6.07) is 0.315. The Morgan fingerprint density at radius 2 is 2.29 bits per heavy atom. The van der Waals surface area contributed by atoms with E-state index in [2.05, 4.69) is 15.6 Å². The van der Waals surface area contributed by atoms with Crippen LogP contribution in [0.15, 0.2) is 12.4 Å². The first-order valence-corrected chi connectivity index (χ1v) is 7.49. The van der Waals surface area contributed by atoms with E-state index in [-0.39, 0.29) is 6.09 Å². The van der Waals surface area contributed by atoms with Crippen molar-refractivity contribution < 1.29 is 9.53 Å². The summed E-state index contributed by atoms with van der Waals surface area (Å²) in [6.45, 7) is 8.75. The van der Waals surface area contributed by atoms with Gasteiger partial charge in [-0.25, -0.2) is 4.79 Å². The number of amides is 1. The maximum absolute atomic E-state index is 12.1. The highest BCUT2D eigenvalue weighted by atomic mass is 16.6. The number of nitrogens with zero attached hydrogens (tertiary/aromatic N) is 4. The molecule has 1 aromatic rings. The number of nitrogens with one attached hydrogen (secondary N) is 1. The molecule has 1 N–H and O–H groups in total. The maximum atomic E-state index is 12.1. The van der Waals surface area contributed by atoms with E-state index < -0.39 is 5.60 Å². The molecule has 1 saturated heterocycles. The Bertz CT molecular complexity index is 441. The highest BCUT2D eigenvalue weighted by molar-refractivity contribution is 5.68. The van der Waals surface area contributed by atoms with Crippen LogP contribution in [-0.2, 0) is 11.3 Å². The first kappa shape index (κ1) is 15.8. The number of carbonyl (C=O) groups excluding carboxylic acids is 1. The number of piperidine rings is 1. The van der Waals surface area contributed by atoms with Crippen LogP contribution < -0.4 is 5.32 Å². The molecule has 0 aliphatic carbocycles. The molecule has 1 fully saturated rings. The van der Waals surface area contributed by atoms with Crippen molar-refractivity contribution in [1.82, 2.24) is 25.2 Å². The van der Waals surface area contributed by atoms with Gasteiger partial charge in [-0.1, -0.05) is 5.21 Å². The largest absolute Gasteiger partial charge is 0.444 e. The molecular formula is C14H25N5O2. The molecule has 1 amide bonds. The van der Waals surface area contributed by atoms with Crippen LogP contribution in [0, 0.1) is 0 Å². The van der Waals surface area contributed by atoms with E-state index in [1.807, 2.05) is 27.0 Å². The third kappa shape index (κ3) is 5.34. The molecule has 1 aromatic heterocycles. The van der Waals surface area contributed by atoms with Crippen LogP contribution in [0.1, 0.15) is 33.6 Å². The molecule has 118 valence electrons. The van der Waals surface area contributed by atoms with Gasteiger partial charge in [-0.15, -0.1) is 5.10 Å². The van der Waals surface area contributed by atoms with Gasteiger partial charge in [0.25, 0.3) is 0 Å². The van der Waals surface area contributed by atoms with Crippen LogP contribution in [0.25, 0.3) is 0 Å². The fourth-order valence-corrected chi connectivity index (χ4v) is 2.37. The molecule has 1 aliphatic rings. The van der Waals surface area contributed by atoms with Gasteiger partial charge in [0.1, 0.15) is 5.60 Å². The van der Waals surface area contributed by atoms with Gasteiger partial charge in [0.15, 0.2) is 0 Å². The van der Waals surface area contributed by atoms with Crippen LogP contribution in [0.4, 0.5) is 4.79 Å². The lowest BCUT2D eigenvalue weighted by atomic mass is 10.1. The van der Waals surface area contributed by atoms with E-state index in [1.54, 1.807) is 15.8 Å². The monoisotopic (exact) mass is 295 g/mol. The second kappa shape index (κ2) is 6.89. The molecule has 2 heterocycles. The quantitative estimate of drug-likeness (QED) is 0.905. The van der Waals surface area contributed by atoms with Crippen molar-refractivity contribution in [3.8, 4) is 0 Å². The zero-order valence-corrected chi connectivity index (χ0v) is 13.1. The minimum Gasteiger partial charge on any atom is -0.444 e. The molecular weight excluding hydrogens is 270 g/mol. The Morgan fingerprint density at radius 1 is 1.48 bits per heavy atom. The third-order valence-corrected chi connectivity index (χ3v) is 3.32. The molecule has 7 nitrogen and oxygen atoms in total. The van der Waals surface area contributed by atoms with Crippen LogP contribution in [0.5, 0.6) is 0 Å². The van der Waals surface area contributed by atoms with Crippen molar-refractivity contribution in [3.05, 3.63) is 12.4 Å². The van der Waals surface area contributed by atoms with Crippen LogP contribution >= 0.6 is 0 Å². The first-order chi connectivity index (χ1) is 9.94. The molecule has 0 bridgehead atoms. The van der Waals surface area contributed by atoms with Gasteiger partial charge in [0.05, 0.1) is 12.7 Å². The van der Waals surface area contributed by atoms with Crippen molar-refractivity contribution >= 4 is 6.09 Å². The number of likely N-dealkylation sites (tertiary alicyclic amines) is 1. The minimum atomic E-state index is -0.440. The van der Waals surface area contributed by atoms with E-state index >= 15 is 0 Å². The van der Waals surface area contributed by atoms with Crippen molar-refractivity contribution in [2.45, 2.75) is 51.8 Å². The molecule has 2 rings (SSSR count). The standard InChI is InChI=1S/C14H25N5O2/c1-14(2,3)21-13(20)18-8-4-5-12(11-18)15-6-9-19-10-7-16-17-19/h7,10,12,15H,4-6,8-9,11H2,1-3H3. The number of ether oxygens (including phenoxy) is 1. The van der Waals surface area contributed by atoms with Gasteiger partial charge in [-0.05, 0) is 33.6 Å². The van der Waals surface area contributed by atoms with E-state index in [1.165, 1.54) is 0 Å². The van der Waals surface area contributed by atoms with Gasteiger partial charge < -0.3 is 15.0 Å². The van der Waals surface area contributed by atoms with Crippen molar-refractivity contribution in [2.75, 3.05) is 19.6 Å². The fourth-order valence-electron chi connectivity index (χ4n) is 2.37. The Hall–Kier alpha value is -1.63. The summed E-state index contributed by atoms with van der Waals surface area (Å²) < 4.78 is 7.22. The Morgan fingerprint density at radius 3 is 2.95 bits per heavy atom. The topological polar surface area (TPSA) is 72.3 Å². The van der Waals surface area contributed by atoms with Crippen molar-refractivity contribution in [1.29, 1.82) is 0 Å². The summed E-state index contributed by atoms with van der Waals surface area (Å²) in [5, 5.41) is 11.2. The molecule has 7 heteroatoms. The van der Waals surface area contributed by atoms with E-state index in [4.69, 9.17) is 4.74 Å². The van der Waals surface area contributed by atoms with Gasteiger partial charge in [0.2, 0.25) is 0 Å². The van der Waals surface area contributed by atoms with Gasteiger partial charge >= 0.3 is 6.09 Å². The molecule has 0 spiro atoms. The minimum absolute atomic E-state index is 0.217. The number of rotatable bonds is 4. The lowest BCUT2D eigenvalue weighted by molar-refractivity contribution is 0.0187. The summed E-state index contributed by atoms with van der Waals surface area (Å²) in [7, 11) is 0. The van der Waals surface area contributed by atoms with Crippen molar-refractivity contribution in [2.24, 2.45) is 0 Å². The summed E-state index contributed by atoms with van der Waals surface area (Å²) in [6.07, 6.45) is 5.38. The number of hydrogen-bond donors (Lipinski definition) is 1. The molecule has 1 aliphatic heterocycles. The van der Waals surface area contributed by atoms with Gasteiger partial charge in [-0.3, -0.25) is 4.68 Å². The summed E-state index contributed by atoms with van der Waals surface area (Å²) >= 11 is 0. The average molecular weight is 295 g/mol. The Balaban J connectivity index is 1.74. The van der Waals surface area contributed by atoms with Gasteiger partial charge in [0, 0.05) is 31.9 Å². The summed E-state index contributed by atoms with van der Waals surface area (Å²) in [5.74, 6) is 0. The summed E-state index contributed by atoms with van der Waals surface area (Å²) in [5.41, 5.74) is -0.440. The zero-order chi connectivity index (χ0) is 15.3. The third-order valence-electron chi connectivity index (χ3n) is 3.32.